The molecule has 0 aliphatic carbocycles. The Balaban J connectivity index is 1.62. The molecule has 0 N–H and O–H groups in total. The minimum atomic E-state index is -0.350. The molecule has 0 bridgehead atoms. The minimum Gasteiger partial charge on any atom is -0.298 e. The van der Waals surface area contributed by atoms with Crippen molar-refractivity contribution < 1.29 is 0 Å². The van der Waals surface area contributed by atoms with E-state index in [4.69, 9.17) is 0 Å². The van der Waals surface area contributed by atoms with E-state index in [1.807, 2.05) is 18.3 Å². The van der Waals surface area contributed by atoms with E-state index in [9.17, 15) is 9.59 Å². The zero-order valence-corrected chi connectivity index (χ0v) is 14.9. The van der Waals surface area contributed by atoms with E-state index in [-0.39, 0.29) is 11.2 Å². The molecule has 0 aromatic carbocycles. The van der Waals surface area contributed by atoms with Crippen LogP contribution in [-0.2, 0) is 20.6 Å². The topological polar surface area (TPSA) is 73.0 Å². The van der Waals surface area contributed by atoms with E-state index in [0.29, 0.717) is 17.0 Å². The zero-order valence-electron chi connectivity index (χ0n) is 14.9. The fourth-order valence-electron chi connectivity index (χ4n) is 3.66. The van der Waals surface area contributed by atoms with Crippen LogP contribution in [0.25, 0.3) is 11.0 Å². The smallest absolute Gasteiger partial charge is 0.298 e. The summed E-state index contributed by atoms with van der Waals surface area (Å²) >= 11 is 0. The van der Waals surface area contributed by atoms with E-state index < -0.39 is 0 Å². The van der Waals surface area contributed by atoms with Crippen LogP contribution in [0.2, 0.25) is 0 Å². The van der Waals surface area contributed by atoms with Gasteiger partial charge in [0, 0.05) is 51.2 Å². The fraction of sp³-hybridized carbons (Fsp3) is 0.368. The summed E-state index contributed by atoms with van der Waals surface area (Å²) in [4.78, 5) is 35.7. The van der Waals surface area contributed by atoms with Gasteiger partial charge in [0.1, 0.15) is 5.65 Å². The number of hydrogen-bond donors (Lipinski definition) is 0. The normalized spacial score (nSPS) is 17.8. The molecule has 1 unspecified atom stereocenters. The van der Waals surface area contributed by atoms with Crippen molar-refractivity contribution in [1.82, 2.24) is 24.0 Å². The summed E-state index contributed by atoms with van der Waals surface area (Å²) in [7, 11) is 3.15. The number of likely N-dealkylation sites (tertiary alicyclic amines) is 1. The van der Waals surface area contributed by atoms with Gasteiger partial charge in [-0.15, -0.1) is 0 Å². The quantitative estimate of drug-likeness (QED) is 0.704. The van der Waals surface area contributed by atoms with Crippen molar-refractivity contribution in [1.29, 1.82) is 0 Å². The van der Waals surface area contributed by atoms with Gasteiger partial charge < -0.3 is 0 Å². The van der Waals surface area contributed by atoms with Crippen molar-refractivity contribution in [3.63, 3.8) is 0 Å². The Bertz CT molecular complexity index is 1070. The van der Waals surface area contributed by atoms with Crippen molar-refractivity contribution in [3.05, 3.63) is 68.8 Å². The lowest BCUT2D eigenvalue weighted by Gasteiger charge is -2.16. The second-order valence-electron chi connectivity index (χ2n) is 6.90. The maximum atomic E-state index is 12.3. The number of nitrogens with zero attached hydrogens (tertiary/aromatic N) is 5. The Morgan fingerprint density at radius 2 is 2.00 bits per heavy atom. The maximum Gasteiger partial charge on any atom is 0.332 e. The number of pyridine rings is 2. The summed E-state index contributed by atoms with van der Waals surface area (Å²) < 4.78 is 2.57. The van der Waals surface area contributed by atoms with Gasteiger partial charge in [-0.25, -0.2) is 9.78 Å². The molecule has 0 amide bonds. The van der Waals surface area contributed by atoms with Crippen LogP contribution in [0.5, 0.6) is 0 Å². The van der Waals surface area contributed by atoms with Crippen LogP contribution in [0.1, 0.15) is 23.6 Å². The summed E-state index contributed by atoms with van der Waals surface area (Å²) in [6.45, 7) is 2.78. The van der Waals surface area contributed by atoms with Crippen LogP contribution in [0, 0.1) is 0 Å². The van der Waals surface area contributed by atoms with Crippen LogP contribution >= 0.6 is 0 Å². The highest BCUT2D eigenvalue weighted by Crippen LogP contribution is 2.27. The fourth-order valence-corrected chi connectivity index (χ4v) is 3.66. The molecule has 0 spiro atoms. The molecule has 3 aromatic rings. The van der Waals surface area contributed by atoms with Gasteiger partial charge in [0.25, 0.3) is 5.56 Å². The first-order valence-electron chi connectivity index (χ1n) is 8.72. The third kappa shape index (κ3) is 2.84. The molecule has 0 saturated carbocycles. The van der Waals surface area contributed by atoms with E-state index in [1.165, 1.54) is 17.2 Å². The maximum absolute atomic E-state index is 12.3. The van der Waals surface area contributed by atoms with Gasteiger partial charge in [0.15, 0.2) is 0 Å². The molecule has 7 heteroatoms. The number of rotatable bonds is 3. The van der Waals surface area contributed by atoms with Crippen LogP contribution in [0.3, 0.4) is 0 Å². The standard InChI is InChI=1S/C19H21N5O2/c1-22-17-15(18(25)23(2)19(22)26)5-6-16(21-17)14-7-9-24(12-14)11-13-4-3-8-20-10-13/h3-6,8,10,14H,7,9,11-12H2,1-2H3. The monoisotopic (exact) mass is 351 g/mol. The van der Waals surface area contributed by atoms with Gasteiger partial charge in [-0.1, -0.05) is 6.07 Å². The largest absolute Gasteiger partial charge is 0.332 e. The van der Waals surface area contributed by atoms with Crippen molar-refractivity contribution in [2.45, 2.75) is 18.9 Å². The van der Waals surface area contributed by atoms with E-state index in [1.54, 1.807) is 19.3 Å². The number of aryl methyl sites for hydroxylation is 1. The van der Waals surface area contributed by atoms with Crippen molar-refractivity contribution >= 4 is 11.0 Å². The molecule has 1 aliphatic heterocycles. The third-order valence-corrected chi connectivity index (χ3v) is 5.14. The molecular formula is C19H21N5O2. The Hall–Kier alpha value is -2.80. The third-order valence-electron chi connectivity index (χ3n) is 5.14. The van der Waals surface area contributed by atoms with Gasteiger partial charge in [-0.2, -0.15) is 0 Å². The zero-order chi connectivity index (χ0) is 18.3. The van der Waals surface area contributed by atoms with E-state index >= 15 is 0 Å². The van der Waals surface area contributed by atoms with Gasteiger partial charge in [0.2, 0.25) is 0 Å². The lowest BCUT2D eigenvalue weighted by atomic mass is 10.0. The first-order chi connectivity index (χ1) is 12.5. The highest BCUT2D eigenvalue weighted by atomic mass is 16.2. The van der Waals surface area contributed by atoms with Crippen LogP contribution < -0.4 is 11.2 Å². The van der Waals surface area contributed by atoms with Crippen LogP contribution in [-0.4, -0.2) is 37.1 Å². The molecule has 26 heavy (non-hydrogen) atoms. The lowest BCUT2D eigenvalue weighted by Crippen LogP contribution is -2.37. The molecule has 1 atom stereocenters. The molecule has 7 nitrogen and oxygen atoms in total. The summed E-state index contributed by atoms with van der Waals surface area (Å²) in [5.74, 6) is 0.301. The van der Waals surface area contributed by atoms with E-state index in [0.717, 1.165) is 36.3 Å². The number of aromatic nitrogens is 4. The summed E-state index contributed by atoms with van der Waals surface area (Å²) in [5, 5.41) is 0.476. The number of hydrogen-bond acceptors (Lipinski definition) is 5. The molecule has 134 valence electrons. The molecular weight excluding hydrogens is 330 g/mol. The molecule has 1 aliphatic rings. The Morgan fingerprint density at radius 3 is 2.77 bits per heavy atom. The summed E-state index contributed by atoms with van der Waals surface area (Å²) in [6.07, 6.45) is 4.69. The molecule has 1 saturated heterocycles. The van der Waals surface area contributed by atoms with E-state index in [2.05, 4.69) is 20.9 Å². The molecule has 1 fully saturated rings. The lowest BCUT2D eigenvalue weighted by molar-refractivity contribution is 0.326. The average molecular weight is 351 g/mol. The Kier molecular flexibility index (Phi) is 4.16. The van der Waals surface area contributed by atoms with Crippen LogP contribution in [0.15, 0.2) is 46.2 Å². The predicted octanol–water partition coefficient (Wildman–Crippen LogP) is 1.02. The number of fused-ring (bicyclic) bond motifs is 1. The highest BCUT2D eigenvalue weighted by Gasteiger charge is 2.25. The second-order valence-corrected chi connectivity index (χ2v) is 6.90. The molecule has 0 radical (unpaired) electrons. The minimum absolute atomic E-state index is 0.299. The first-order valence-corrected chi connectivity index (χ1v) is 8.72. The predicted molar refractivity (Wildman–Crippen MR) is 99.1 cm³/mol. The van der Waals surface area contributed by atoms with Gasteiger partial charge in [0.05, 0.1) is 5.39 Å². The van der Waals surface area contributed by atoms with Gasteiger partial charge in [-0.3, -0.25) is 23.8 Å². The van der Waals surface area contributed by atoms with Crippen molar-refractivity contribution in [2.24, 2.45) is 14.1 Å². The van der Waals surface area contributed by atoms with Gasteiger partial charge >= 0.3 is 5.69 Å². The highest BCUT2D eigenvalue weighted by molar-refractivity contribution is 5.74. The Labute approximate surface area is 150 Å². The Morgan fingerprint density at radius 1 is 1.15 bits per heavy atom. The summed E-state index contributed by atoms with van der Waals surface area (Å²) in [6, 6.07) is 7.75. The van der Waals surface area contributed by atoms with Crippen molar-refractivity contribution in [3.8, 4) is 0 Å². The van der Waals surface area contributed by atoms with Crippen LogP contribution in [0.4, 0.5) is 0 Å². The second kappa shape index (κ2) is 6.49. The summed E-state index contributed by atoms with van der Waals surface area (Å²) in [5.41, 5.74) is 1.95. The first kappa shape index (κ1) is 16.7. The van der Waals surface area contributed by atoms with Gasteiger partial charge in [-0.05, 0) is 36.7 Å². The molecule has 4 heterocycles. The van der Waals surface area contributed by atoms with Crippen molar-refractivity contribution in [2.75, 3.05) is 13.1 Å². The average Bonchev–Trinajstić information content (AvgIpc) is 3.13. The molecule has 3 aromatic heterocycles. The SMILES string of the molecule is Cn1c(=O)c2ccc(C3CCN(Cc4cccnc4)C3)nc2n(C)c1=O. The molecule has 4 rings (SSSR count).